The molecule has 0 saturated carbocycles. The van der Waals surface area contributed by atoms with Crippen LogP contribution in [0.1, 0.15) is 118 Å². The molecule has 4 amide bonds. The van der Waals surface area contributed by atoms with E-state index in [4.69, 9.17) is 0 Å². The highest BCUT2D eigenvalue weighted by molar-refractivity contribution is 5.98. The summed E-state index contributed by atoms with van der Waals surface area (Å²) in [5.41, 5.74) is 9.19. The molecule has 300 valence electrons. The van der Waals surface area contributed by atoms with Gasteiger partial charge in [0.25, 0.3) is 23.6 Å². The maximum absolute atomic E-state index is 13.0. The van der Waals surface area contributed by atoms with Crippen molar-refractivity contribution < 1.29 is 24.0 Å². The van der Waals surface area contributed by atoms with E-state index in [1.807, 2.05) is 82.3 Å². The SMILES string of the molecule is Cc1cc(C(=O)NCc2ccc(C(=O)C(C)C)cc2)ccc1CNC(=O)c1ccc(CNC(=O)c2ccc(CNC(=O)c3ccc(CNC(C)C)cc3)c(C)c2)cc1. The lowest BCUT2D eigenvalue weighted by Gasteiger charge is -2.12. The summed E-state index contributed by atoms with van der Waals surface area (Å²) in [4.78, 5) is 63.7. The van der Waals surface area contributed by atoms with Gasteiger partial charge in [0, 0.05) is 72.5 Å². The highest BCUT2D eigenvalue weighted by atomic mass is 16.2. The second-order valence-electron chi connectivity index (χ2n) is 15.2. The molecule has 0 unspecified atom stereocenters. The van der Waals surface area contributed by atoms with Crippen molar-refractivity contribution in [3.05, 3.63) is 176 Å². The predicted molar refractivity (Wildman–Crippen MR) is 228 cm³/mol. The van der Waals surface area contributed by atoms with Gasteiger partial charge in [-0.15, -0.1) is 0 Å². The van der Waals surface area contributed by atoms with Crippen LogP contribution in [0.15, 0.2) is 109 Å². The summed E-state index contributed by atoms with van der Waals surface area (Å²) in [5, 5.41) is 15.1. The van der Waals surface area contributed by atoms with Crippen LogP contribution in [-0.4, -0.2) is 35.5 Å². The second-order valence-corrected chi connectivity index (χ2v) is 15.2. The maximum atomic E-state index is 13.0. The average molecular weight is 780 g/mol. The normalized spacial score (nSPS) is 11.0. The zero-order valence-electron chi connectivity index (χ0n) is 34.1. The van der Waals surface area contributed by atoms with Crippen molar-refractivity contribution in [1.82, 2.24) is 26.6 Å². The number of benzene rings is 5. The molecule has 10 heteroatoms. The van der Waals surface area contributed by atoms with E-state index in [0.717, 1.165) is 45.5 Å². The number of aryl methyl sites for hydroxylation is 2. The molecule has 0 saturated heterocycles. The minimum Gasteiger partial charge on any atom is -0.348 e. The predicted octanol–water partition coefficient (Wildman–Crippen LogP) is 7.36. The van der Waals surface area contributed by atoms with E-state index in [9.17, 15) is 24.0 Å². The first-order chi connectivity index (χ1) is 27.8. The molecule has 0 fully saturated rings. The number of Topliss-reactive ketones (excluding diaryl/α,β-unsaturated/α-hetero) is 1. The average Bonchev–Trinajstić information content (AvgIpc) is 3.23. The molecule has 0 radical (unpaired) electrons. The van der Waals surface area contributed by atoms with Gasteiger partial charge in [0.2, 0.25) is 0 Å². The molecular formula is C48H53N5O5. The highest BCUT2D eigenvalue weighted by Gasteiger charge is 2.14. The third kappa shape index (κ3) is 12.1. The molecule has 0 spiro atoms. The molecule has 0 aliphatic heterocycles. The van der Waals surface area contributed by atoms with Crippen LogP contribution in [0.5, 0.6) is 0 Å². The Balaban J connectivity index is 1.04. The number of ketones is 1. The summed E-state index contributed by atoms with van der Waals surface area (Å²) < 4.78 is 0. The molecule has 0 aromatic heterocycles. The van der Waals surface area contributed by atoms with Crippen LogP contribution < -0.4 is 26.6 Å². The van der Waals surface area contributed by atoms with Gasteiger partial charge < -0.3 is 26.6 Å². The largest absolute Gasteiger partial charge is 0.348 e. The van der Waals surface area contributed by atoms with Crippen LogP contribution >= 0.6 is 0 Å². The Labute approximate surface area is 341 Å². The van der Waals surface area contributed by atoms with E-state index in [1.54, 1.807) is 54.6 Å². The van der Waals surface area contributed by atoms with Crippen molar-refractivity contribution in [2.75, 3.05) is 0 Å². The van der Waals surface area contributed by atoms with Gasteiger partial charge in [-0.2, -0.15) is 0 Å². The fraction of sp³-hybridized carbons (Fsp3) is 0.271. The Kier molecular flexibility index (Phi) is 14.9. The van der Waals surface area contributed by atoms with E-state index < -0.39 is 0 Å². The van der Waals surface area contributed by atoms with Crippen LogP contribution in [0.2, 0.25) is 0 Å². The minimum absolute atomic E-state index is 0.0741. The molecule has 5 aromatic carbocycles. The Bertz CT molecular complexity index is 2240. The number of hydrogen-bond acceptors (Lipinski definition) is 6. The Hall–Kier alpha value is -6.39. The van der Waals surface area contributed by atoms with Crippen molar-refractivity contribution in [1.29, 1.82) is 0 Å². The van der Waals surface area contributed by atoms with Crippen molar-refractivity contribution in [2.45, 2.75) is 80.3 Å². The summed E-state index contributed by atoms with van der Waals surface area (Å²) >= 11 is 0. The summed E-state index contributed by atoms with van der Waals surface area (Å²) in [5.74, 6) is -0.822. The van der Waals surface area contributed by atoms with E-state index >= 15 is 0 Å². The van der Waals surface area contributed by atoms with Crippen LogP contribution in [0.4, 0.5) is 0 Å². The van der Waals surface area contributed by atoms with E-state index in [0.29, 0.717) is 53.5 Å². The van der Waals surface area contributed by atoms with Crippen molar-refractivity contribution >= 4 is 29.4 Å². The fourth-order valence-electron chi connectivity index (χ4n) is 6.18. The molecule has 0 heterocycles. The number of carbonyl (C=O) groups excluding carboxylic acids is 5. The Morgan fingerprint density at radius 3 is 1.10 bits per heavy atom. The van der Waals surface area contributed by atoms with Crippen molar-refractivity contribution in [3.63, 3.8) is 0 Å². The number of rotatable bonds is 17. The monoisotopic (exact) mass is 779 g/mol. The van der Waals surface area contributed by atoms with Gasteiger partial charge in [-0.3, -0.25) is 24.0 Å². The standard InChI is InChI=1S/C48H53N5O5/c1-30(2)44(54)37-13-7-35(8-14-37)26-50-47(57)40-19-21-43(32(5)23-40)29-53-46(56)39-17-11-36(12-18-39)27-51-48(58)41-20-22-42(33(6)24-41)28-52-45(55)38-15-9-34(10-16-38)25-49-31(3)4/h7-24,30-31,49H,25-29H2,1-6H3,(H,50,57)(H,51,58)(H,52,55)(H,53,56). The number of amides is 4. The molecule has 0 aliphatic rings. The molecule has 0 aliphatic carbocycles. The third-order valence-corrected chi connectivity index (χ3v) is 9.90. The zero-order chi connectivity index (χ0) is 41.8. The third-order valence-electron chi connectivity index (χ3n) is 9.90. The van der Waals surface area contributed by atoms with E-state index in [2.05, 4.69) is 40.4 Å². The van der Waals surface area contributed by atoms with Gasteiger partial charge in [0.1, 0.15) is 0 Å². The Morgan fingerprint density at radius 2 is 0.741 bits per heavy atom. The first-order valence-corrected chi connectivity index (χ1v) is 19.6. The maximum Gasteiger partial charge on any atom is 0.251 e. The Morgan fingerprint density at radius 1 is 0.414 bits per heavy atom. The number of carbonyl (C=O) groups is 5. The number of hydrogen-bond donors (Lipinski definition) is 5. The lowest BCUT2D eigenvalue weighted by molar-refractivity contribution is 0.0933. The highest BCUT2D eigenvalue weighted by Crippen LogP contribution is 2.16. The molecule has 0 atom stereocenters. The van der Waals surface area contributed by atoms with Crippen LogP contribution in [0, 0.1) is 19.8 Å². The van der Waals surface area contributed by atoms with Gasteiger partial charge in [0.15, 0.2) is 5.78 Å². The summed E-state index contributed by atoms with van der Waals surface area (Å²) in [6, 6.07) is 33.0. The van der Waals surface area contributed by atoms with Gasteiger partial charge in [-0.25, -0.2) is 0 Å². The summed E-state index contributed by atoms with van der Waals surface area (Å²) in [7, 11) is 0. The zero-order valence-corrected chi connectivity index (χ0v) is 34.1. The molecule has 5 aromatic rings. The molecule has 5 rings (SSSR count). The quantitative estimate of drug-likeness (QED) is 0.0624. The first kappa shape index (κ1) is 42.7. The van der Waals surface area contributed by atoms with Crippen LogP contribution in [0.3, 0.4) is 0 Å². The first-order valence-electron chi connectivity index (χ1n) is 19.6. The summed E-state index contributed by atoms with van der Waals surface area (Å²) in [6.07, 6.45) is 0. The fourth-order valence-corrected chi connectivity index (χ4v) is 6.18. The lowest BCUT2D eigenvalue weighted by Crippen LogP contribution is -2.25. The molecule has 58 heavy (non-hydrogen) atoms. The smallest absolute Gasteiger partial charge is 0.251 e. The number of nitrogens with one attached hydrogen (secondary N) is 5. The van der Waals surface area contributed by atoms with Crippen molar-refractivity contribution in [3.8, 4) is 0 Å². The molecule has 5 N–H and O–H groups in total. The summed E-state index contributed by atoms with van der Waals surface area (Å²) in [6.45, 7) is 13.7. The van der Waals surface area contributed by atoms with Crippen molar-refractivity contribution in [2.24, 2.45) is 5.92 Å². The van der Waals surface area contributed by atoms with Crippen LogP contribution in [0.25, 0.3) is 0 Å². The van der Waals surface area contributed by atoms with Gasteiger partial charge >= 0.3 is 0 Å². The second kappa shape index (κ2) is 20.2. The van der Waals surface area contributed by atoms with Gasteiger partial charge in [0.05, 0.1) is 0 Å². The van der Waals surface area contributed by atoms with Crippen LogP contribution in [-0.2, 0) is 32.7 Å². The minimum atomic E-state index is -0.239. The topological polar surface area (TPSA) is 146 Å². The van der Waals surface area contributed by atoms with Gasteiger partial charge in [-0.05, 0) is 101 Å². The van der Waals surface area contributed by atoms with E-state index in [-0.39, 0.29) is 41.9 Å². The molecular weight excluding hydrogens is 727 g/mol. The van der Waals surface area contributed by atoms with E-state index in [1.165, 1.54) is 0 Å². The molecule has 10 nitrogen and oxygen atoms in total. The lowest BCUT2D eigenvalue weighted by atomic mass is 10.00. The molecule has 0 bridgehead atoms. The van der Waals surface area contributed by atoms with Gasteiger partial charge in [-0.1, -0.05) is 88.4 Å².